The molecule has 5 nitrogen and oxygen atoms in total. The smallest absolute Gasteiger partial charge is 0.364 e. The monoisotopic (exact) mass is 447 g/mol. The standard InChI is InChI=1S/C20H19B2ClF3N3O2/c1-7-11(15(22)16(23)13(14(7)21)19(2,3)20(24,25)26)9-6-10(30)12-8(29-9)4-5-28-17(12)18(27)31/h4-6H,21-22H2,1-3H3,(H2,27,31)(H,29,30). The Kier molecular flexibility index (Phi) is 5.51. The van der Waals surface area contributed by atoms with Crippen molar-refractivity contribution < 1.29 is 18.0 Å². The molecule has 2 heterocycles. The lowest BCUT2D eigenvalue weighted by atomic mass is 9.69. The molecular formula is C20H19B2ClF3N3O2. The van der Waals surface area contributed by atoms with E-state index in [1.807, 2.05) is 0 Å². The van der Waals surface area contributed by atoms with Crippen molar-refractivity contribution in [2.75, 3.05) is 0 Å². The van der Waals surface area contributed by atoms with Gasteiger partial charge in [-0.1, -0.05) is 22.5 Å². The fraction of sp³-hybridized carbons (Fsp3) is 0.250. The van der Waals surface area contributed by atoms with E-state index >= 15 is 0 Å². The van der Waals surface area contributed by atoms with Crippen molar-refractivity contribution >= 4 is 55.0 Å². The van der Waals surface area contributed by atoms with Gasteiger partial charge < -0.3 is 10.7 Å². The first kappa shape index (κ1) is 22.9. The molecule has 11 heteroatoms. The van der Waals surface area contributed by atoms with Crippen LogP contribution in [0.5, 0.6) is 0 Å². The van der Waals surface area contributed by atoms with E-state index in [0.29, 0.717) is 33.3 Å². The number of hydrogen-bond acceptors (Lipinski definition) is 3. The molecular weight excluding hydrogens is 428 g/mol. The van der Waals surface area contributed by atoms with Crippen LogP contribution in [0.4, 0.5) is 13.2 Å². The van der Waals surface area contributed by atoms with Crippen LogP contribution in [-0.2, 0) is 5.41 Å². The number of aromatic nitrogens is 2. The average molecular weight is 447 g/mol. The van der Waals surface area contributed by atoms with Gasteiger partial charge in [-0.25, -0.2) is 0 Å². The lowest BCUT2D eigenvalue weighted by molar-refractivity contribution is -0.179. The predicted octanol–water partition coefficient (Wildman–Crippen LogP) is 1.01. The zero-order chi connectivity index (χ0) is 23.5. The Bertz CT molecular complexity index is 1270. The molecule has 0 aliphatic rings. The van der Waals surface area contributed by atoms with E-state index in [0.717, 1.165) is 13.8 Å². The highest BCUT2D eigenvalue weighted by Gasteiger charge is 2.50. The second kappa shape index (κ2) is 7.44. The van der Waals surface area contributed by atoms with E-state index in [1.54, 1.807) is 22.6 Å². The molecule has 2 aromatic heterocycles. The highest BCUT2D eigenvalue weighted by Crippen LogP contribution is 2.43. The number of fused-ring (bicyclic) bond motifs is 1. The summed E-state index contributed by atoms with van der Waals surface area (Å²) < 4.78 is 41.2. The number of nitrogens with zero attached hydrogens (tertiary/aromatic N) is 1. The van der Waals surface area contributed by atoms with Crippen LogP contribution in [0, 0.1) is 6.92 Å². The Morgan fingerprint density at radius 1 is 1.23 bits per heavy atom. The van der Waals surface area contributed by atoms with Gasteiger partial charge in [-0.3, -0.25) is 14.6 Å². The van der Waals surface area contributed by atoms with Gasteiger partial charge in [-0.15, -0.1) is 0 Å². The van der Waals surface area contributed by atoms with E-state index in [2.05, 4.69) is 9.97 Å². The van der Waals surface area contributed by atoms with Crippen molar-refractivity contribution in [2.24, 2.45) is 5.73 Å². The first-order valence-corrected chi connectivity index (χ1v) is 9.76. The minimum atomic E-state index is -4.50. The normalized spacial score (nSPS) is 12.4. The Morgan fingerprint density at radius 3 is 2.39 bits per heavy atom. The van der Waals surface area contributed by atoms with Crippen molar-refractivity contribution in [3.8, 4) is 11.3 Å². The fourth-order valence-electron chi connectivity index (χ4n) is 3.93. The van der Waals surface area contributed by atoms with Crippen molar-refractivity contribution in [1.29, 1.82) is 0 Å². The van der Waals surface area contributed by atoms with Crippen LogP contribution in [0.3, 0.4) is 0 Å². The Morgan fingerprint density at radius 2 is 1.84 bits per heavy atom. The van der Waals surface area contributed by atoms with Gasteiger partial charge in [0.2, 0.25) is 0 Å². The van der Waals surface area contributed by atoms with E-state index in [4.69, 9.17) is 17.3 Å². The Balaban J connectivity index is 2.37. The average Bonchev–Trinajstić information content (AvgIpc) is 2.65. The molecule has 160 valence electrons. The molecule has 31 heavy (non-hydrogen) atoms. The molecule has 0 radical (unpaired) electrons. The molecule has 0 saturated carbocycles. The summed E-state index contributed by atoms with van der Waals surface area (Å²) in [5.74, 6) is -0.839. The lowest BCUT2D eigenvalue weighted by Crippen LogP contribution is -2.43. The number of nitrogens with two attached hydrogens (primary N) is 1. The molecule has 0 aliphatic carbocycles. The van der Waals surface area contributed by atoms with Crippen molar-refractivity contribution in [2.45, 2.75) is 32.4 Å². The summed E-state index contributed by atoms with van der Waals surface area (Å²) in [6.45, 7) is 3.87. The van der Waals surface area contributed by atoms with Crippen molar-refractivity contribution in [3.05, 3.63) is 50.4 Å². The molecule has 0 fully saturated rings. The van der Waals surface area contributed by atoms with Crippen LogP contribution in [-0.4, -0.2) is 37.7 Å². The third-order valence-corrected chi connectivity index (χ3v) is 6.29. The highest BCUT2D eigenvalue weighted by atomic mass is 35.5. The Hall–Kier alpha value is -2.74. The van der Waals surface area contributed by atoms with Gasteiger partial charge in [-0.05, 0) is 43.5 Å². The van der Waals surface area contributed by atoms with Gasteiger partial charge >= 0.3 is 6.18 Å². The number of aromatic amines is 1. The van der Waals surface area contributed by atoms with Gasteiger partial charge in [-0.2, -0.15) is 13.2 Å². The summed E-state index contributed by atoms with van der Waals surface area (Å²) in [6.07, 6.45) is -3.16. The summed E-state index contributed by atoms with van der Waals surface area (Å²) in [5.41, 5.74) is 5.11. The minimum Gasteiger partial charge on any atom is -0.364 e. The van der Waals surface area contributed by atoms with E-state index < -0.39 is 22.9 Å². The SMILES string of the molecule is Bc1c(Cl)c(C(C)(C)C(F)(F)F)c(B)c(C)c1-c1cc(=O)c2c(C(N)=O)nccc2[nH]1. The number of rotatable bonds is 3. The molecule has 0 spiro atoms. The quantitative estimate of drug-likeness (QED) is 0.588. The summed E-state index contributed by atoms with van der Waals surface area (Å²) in [6, 6.07) is 2.79. The molecule has 3 rings (SSSR count). The molecule has 1 amide bonds. The fourth-order valence-corrected chi connectivity index (χ4v) is 4.40. The number of primary amides is 1. The third-order valence-electron chi connectivity index (χ3n) is 5.81. The molecule has 0 atom stereocenters. The molecule has 0 unspecified atom stereocenters. The van der Waals surface area contributed by atoms with Crippen LogP contribution in [0.1, 0.15) is 35.5 Å². The highest BCUT2D eigenvalue weighted by molar-refractivity contribution is 6.50. The number of alkyl halides is 3. The second-order valence-corrected chi connectivity index (χ2v) is 8.43. The summed E-state index contributed by atoms with van der Waals surface area (Å²) in [5, 5.41) is 0.0422. The van der Waals surface area contributed by atoms with Gasteiger partial charge in [0, 0.05) is 23.0 Å². The van der Waals surface area contributed by atoms with Crippen LogP contribution < -0.4 is 22.1 Å². The summed E-state index contributed by atoms with van der Waals surface area (Å²) in [4.78, 5) is 31.4. The number of carbonyl (C=O) groups excluding carboxylic acids is 1. The number of H-pyrrole nitrogens is 1. The predicted molar refractivity (Wildman–Crippen MR) is 122 cm³/mol. The van der Waals surface area contributed by atoms with Crippen LogP contribution in [0.15, 0.2) is 23.1 Å². The maximum atomic E-state index is 13.7. The third kappa shape index (κ3) is 3.52. The first-order valence-electron chi connectivity index (χ1n) is 9.38. The zero-order valence-electron chi connectivity index (χ0n) is 17.6. The van der Waals surface area contributed by atoms with Crippen molar-refractivity contribution in [3.63, 3.8) is 0 Å². The molecule has 0 aliphatic heterocycles. The first-order chi connectivity index (χ1) is 14.2. The van der Waals surface area contributed by atoms with E-state index in [-0.39, 0.29) is 21.7 Å². The Labute approximate surface area is 183 Å². The number of carbonyl (C=O) groups is 1. The molecule has 0 saturated heterocycles. The van der Waals surface area contributed by atoms with E-state index in [9.17, 15) is 22.8 Å². The molecule has 3 aromatic rings. The van der Waals surface area contributed by atoms with Crippen LogP contribution in [0.25, 0.3) is 22.2 Å². The van der Waals surface area contributed by atoms with E-state index in [1.165, 1.54) is 18.3 Å². The van der Waals surface area contributed by atoms with Gasteiger partial charge in [0.15, 0.2) is 5.43 Å². The topological polar surface area (TPSA) is 88.8 Å². The van der Waals surface area contributed by atoms with Gasteiger partial charge in [0.1, 0.15) is 21.4 Å². The molecule has 0 bridgehead atoms. The van der Waals surface area contributed by atoms with Gasteiger partial charge in [0.25, 0.3) is 5.91 Å². The van der Waals surface area contributed by atoms with Crippen molar-refractivity contribution in [1.82, 2.24) is 9.97 Å². The summed E-state index contributed by atoms with van der Waals surface area (Å²) in [7, 11) is 3.20. The van der Waals surface area contributed by atoms with Crippen LogP contribution >= 0.6 is 11.6 Å². The maximum Gasteiger partial charge on any atom is 0.397 e. The van der Waals surface area contributed by atoms with Crippen LogP contribution in [0.2, 0.25) is 5.02 Å². The second-order valence-electron chi connectivity index (χ2n) is 8.06. The lowest BCUT2D eigenvalue weighted by Gasteiger charge is -2.33. The summed E-state index contributed by atoms with van der Waals surface area (Å²) >= 11 is 6.48. The minimum absolute atomic E-state index is 0.00349. The number of benzene rings is 1. The molecule has 3 N–H and O–H groups in total. The van der Waals surface area contributed by atoms with Gasteiger partial charge in [0.05, 0.1) is 16.3 Å². The number of hydrogen-bond donors (Lipinski definition) is 2. The number of amides is 1. The largest absolute Gasteiger partial charge is 0.397 e. The maximum absolute atomic E-state index is 13.7. The number of halogens is 4. The number of nitrogens with one attached hydrogen (secondary N) is 1. The molecule has 1 aromatic carbocycles. The number of pyridine rings is 2. The zero-order valence-corrected chi connectivity index (χ0v) is 18.3.